The van der Waals surface area contributed by atoms with Crippen molar-refractivity contribution < 1.29 is 27.4 Å². The normalized spacial score (nSPS) is 12.3. The molecule has 0 bridgehead atoms. The van der Waals surface area contributed by atoms with E-state index in [0.717, 1.165) is 0 Å². The van der Waals surface area contributed by atoms with Crippen molar-refractivity contribution in [2.24, 2.45) is 5.73 Å². The smallest absolute Gasteiger partial charge is 0.389 e. The minimum absolute atomic E-state index is 0. The second-order valence-electron chi connectivity index (χ2n) is 4.21. The van der Waals surface area contributed by atoms with Gasteiger partial charge in [0, 0.05) is 24.1 Å². The first-order chi connectivity index (χ1) is 9.32. The van der Waals surface area contributed by atoms with Crippen LogP contribution in [0.5, 0.6) is 17.2 Å². The second-order valence-corrected chi connectivity index (χ2v) is 4.21. The summed E-state index contributed by atoms with van der Waals surface area (Å²) in [6.07, 6.45) is -5.41. The van der Waals surface area contributed by atoms with Gasteiger partial charge in [-0.15, -0.1) is 12.4 Å². The molecule has 0 saturated heterocycles. The highest BCUT2D eigenvalue weighted by Gasteiger charge is 2.29. The predicted molar refractivity (Wildman–Crippen MR) is 75.6 cm³/mol. The lowest BCUT2D eigenvalue weighted by Crippen LogP contribution is -2.16. The van der Waals surface area contributed by atoms with E-state index in [4.69, 9.17) is 19.9 Å². The number of ether oxygens (including phenoxy) is 3. The molecule has 0 spiro atoms. The molecule has 0 saturated carbocycles. The van der Waals surface area contributed by atoms with Crippen LogP contribution in [-0.2, 0) is 0 Å². The zero-order chi connectivity index (χ0) is 15.3. The molecule has 2 N–H and O–H groups in total. The molecule has 122 valence electrons. The van der Waals surface area contributed by atoms with Crippen molar-refractivity contribution in [3.8, 4) is 17.2 Å². The molecule has 0 fully saturated rings. The largest absolute Gasteiger partial charge is 0.496 e. The Kier molecular flexibility index (Phi) is 7.67. The average Bonchev–Trinajstić information content (AvgIpc) is 2.42. The molecule has 0 aliphatic heterocycles. The van der Waals surface area contributed by atoms with Gasteiger partial charge in [0.15, 0.2) is 11.5 Å². The zero-order valence-electron chi connectivity index (χ0n) is 12.0. The van der Waals surface area contributed by atoms with E-state index in [1.807, 2.05) is 0 Å². The third kappa shape index (κ3) is 5.51. The highest BCUT2D eigenvalue weighted by molar-refractivity contribution is 5.85. The van der Waals surface area contributed by atoms with Crippen molar-refractivity contribution in [1.82, 2.24) is 0 Å². The molecule has 0 amide bonds. The van der Waals surface area contributed by atoms with Gasteiger partial charge in [-0.2, -0.15) is 13.2 Å². The van der Waals surface area contributed by atoms with Gasteiger partial charge in [-0.05, 0) is 12.5 Å². The molecule has 1 rings (SSSR count). The first-order valence-electron chi connectivity index (χ1n) is 5.94. The maximum Gasteiger partial charge on any atom is 0.389 e. The maximum atomic E-state index is 12.2. The molecule has 1 aromatic carbocycles. The van der Waals surface area contributed by atoms with Crippen LogP contribution in [0.25, 0.3) is 0 Å². The number of methoxy groups -OCH3 is 3. The fourth-order valence-corrected chi connectivity index (χ4v) is 1.82. The van der Waals surface area contributed by atoms with Gasteiger partial charge >= 0.3 is 6.18 Å². The number of hydrogen-bond acceptors (Lipinski definition) is 4. The third-order valence-corrected chi connectivity index (χ3v) is 2.87. The van der Waals surface area contributed by atoms with E-state index in [2.05, 4.69) is 0 Å². The summed E-state index contributed by atoms with van der Waals surface area (Å²) in [5, 5.41) is 0. The Hall–Kier alpha value is -1.34. The SMILES string of the molecule is COc1cc(OC)c([C@@H](N)CCC(F)(F)F)cc1OC.Cl. The van der Waals surface area contributed by atoms with E-state index in [0.29, 0.717) is 22.8 Å². The molecular formula is C13H19ClF3NO3. The molecule has 4 nitrogen and oxygen atoms in total. The molecule has 0 aliphatic carbocycles. The number of benzene rings is 1. The van der Waals surface area contributed by atoms with Crippen molar-refractivity contribution in [3.63, 3.8) is 0 Å². The lowest BCUT2D eigenvalue weighted by Gasteiger charge is -2.19. The summed E-state index contributed by atoms with van der Waals surface area (Å²) in [6, 6.07) is 2.28. The summed E-state index contributed by atoms with van der Waals surface area (Å²) >= 11 is 0. The number of hydrogen-bond donors (Lipinski definition) is 1. The molecule has 0 radical (unpaired) electrons. The summed E-state index contributed by atoms with van der Waals surface area (Å²) in [5.74, 6) is 1.19. The lowest BCUT2D eigenvalue weighted by atomic mass is 10.0. The molecular weight excluding hydrogens is 311 g/mol. The minimum atomic E-state index is -4.23. The molecule has 0 aromatic heterocycles. The Morgan fingerprint density at radius 1 is 1.00 bits per heavy atom. The summed E-state index contributed by atoms with van der Waals surface area (Å²) in [4.78, 5) is 0. The summed E-state index contributed by atoms with van der Waals surface area (Å²) in [5.41, 5.74) is 6.27. The molecule has 0 aliphatic rings. The first kappa shape index (κ1) is 19.7. The van der Waals surface area contributed by atoms with Crippen LogP contribution in [-0.4, -0.2) is 27.5 Å². The number of rotatable bonds is 6. The summed E-state index contributed by atoms with van der Waals surface area (Å²) in [6.45, 7) is 0. The maximum absolute atomic E-state index is 12.2. The van der Waals surface area contributed by atoms with Gasteiger partial charge in [-0.3, -0.25) is 0 Å². The van der Waals surface area contributed by atoms with Gasteiger partial charge in [0.1, 0.15) is 5.75 Å². The van der Waals surface area contributed by atoms with Crippen LogP contribution in [0.2, 0.25) is 0 Å². The topological polar surface area (TPSA) is 53.7 Å². The third-order valence-electron chi connectivity index (χ3n) is 2.87. The van der Waals surface area contributed by atoms with Crippen LogP contribution in [0.1, 0.15) is 24.4 Å². The van der Waals surface area contributed by atoms with Crippen molar-refractivity contribution >= 4 is 12.4 Å². The molecule has 8 heteroatoms. The summed E-state index contributed by atoms with van der Waals surface area (Å²) < 4.78 is 52.1. The molecule has 0 unspecified atom stereocenters. The Bertz CT molecular complexity index is 455. The van der Waals surface area contributed by atoms with E-state index >= 15 is 0 Å². The number of halogens is 4. The van der Waals surface area contributed by atoms with Gasteiger partial charge in [0.05, 0.1) is 21.3 Å². The quantitative estimate of drug-likeness (QED) is 0.868. The number of alkyl halides is 3. The van der Waals surface area contributed by atoms with Gasteiger partial charge in [-0.25, -0.2) is 0 Å². The molecule has 1 aromatic rings. The standard InChI is InChI=1S/C13H18F3NO3.ClH/c1-18-10-7-12(20-3)11(19-2)6-8(10)9(17)4-5-13(14,15)16;/h6-7,9H,4-5,17H2,1-3H3;1H/t9-;/m0./s1. The van der Waals surface area contributed by atoms with Crippen molar-refractivity contribution in [2.45, 2.75) is 25.1 Å². The highest BCUT2D eigenvalue weighted by atomic mass is 35.5. The van der Waals surface area contributed by atoms with Crippen LogP contribution < -0.4 is 19.9 Å². The van der Waals surface area contributed by atoms with Crippen LogP contribution in [0.15, 0.2) is 12.1 Å². The van der Waals surface area contributed by atoms with Crippen LogP contribution in [0.4, 0.5) is 13.2 Å². The van der Waals surface area contributed by atoms with E-state index in [9.17, 15) is 13.2 Å². The fourth-order valence-electron chi connectivity index (χ4n) is 1.82. The highest BCUT2D eigenvalue weighted by Crippen LogP contribution is 2.38. The first-order valence-corrected chi connectivity index (χ1v) is 5.94. The van der Waals surface area contributed by atoms with E-state index in [1.54, 1.807) is 12.1 Å². The van der Waals surface area contributed by atoms with Crippen LogP contribution in [0.3, 0.4) is 0 Å². The Morgan fingerprint density at radius 2 is 1.48 bits per heavy atom. The zero-order valence-corrected chi connectivity index (χ0v) is 12.8. The monoisotopic (exact) mass is 329 g/mol. The van der Waals surface area contributed by atoms with Gasteiger partial charge < -0.3 is 19.9 Å². The molecule has 0 heterocycles. The van der Waals surface area contributed by atoms with Gasteiger partial charge in [0.2, 0.25) is 0 Å². The number of nitrogens with two attached hydrogens (primary N) is 1. The van der Waals surface area contributed by atoms with E-state index < -0.39 is 18.6 Å². The Morgan fingerprint density at radius 3 is 1.90 bits per heavy atom. The van der Waals surface area contributed by atoms with Gasteiger partial charge in [-0.1, -0.05) is 0 Å². The fraction of sp³-hybridized carbons (Fsp3) is 0.538. The van der Waals surface area contributed by atoms with E-state index in [-0.39, 0.29) is 18.8 Å². The summed E-state index contributed by atoms with van der Waals surface area (Å²) in [7, 11) is 4.32. The lowest BCUT2D eigenvalue weighted by molar-refractivity contribution is -0.136. The second kappa shape index (κ2) is 8.19. The van der Waals surface area contributed by atoms with E-state index in [1.165, 1.54) is 21.3 Å². The minimum Gasteiger partial charge on any atom is -0.496 e. The van der Waals surface area contributed by atoms with Crippen molar-refractivity contribution in [3.05, 3.63) is 17.7 Å². The van der Waals surface area contributed by atoms with Gasteiger partial charge in [0.25, 0.3) is 0 Å². The van der Waals surface area contributed by atoms with Crippen LogP contribution in [0, 0.1) is 0 Å². The predicted octanol–water partition coefficient (Wildman–Crippen LogP) is 3.48. The molecule has 1 atom stereocenters. The van der Waals surface area contributed by atoms with Crippen molar-refractivity contribution in [1.29, 1.82) is 0 Å². The Labute approximate surface area is 127 Å². The Balaban J connectivity index is 0.00000400. The molecule has 21 heavy (non-hydrogen) atoms. The average molecular weight is 330 g/mol. The van der Waals surface area contributed by atoms with Crippen molar-refractivity contribution in [2.75, 3.05) is 21.3 Å². The van der Waals surface area contributed by atoms with Crippen LogP contribution >= 0.6 is 12.4 Å².